The van der Waals surface area contributed by atoms with Gasteiger partial charge in [0.15, 0.2) is 5.11 Å². The van der Waals surface area contributed by atoms with Gasteiger partial charge < -0.3 is 19.5 Å². The van der Waals surface area contributed by atoms with Crippen LogP contribution in [0.4, 0.5) is 5.69 Å². The van der Waals surface area contributed by atoms with Crippen LogP contribution < -0.4 is 20.1 Å². The number of anilines is 1. The van der Waals surface area contributed by atoms with Gasteiger partial charge in [0.2, 0.25) is 0 Å². The van der Waals surface area contributed by atoms with E-state index in [1.165, 1.54) is 0 Å². The van der Waals surface area contributed by atoms with Crippen LogP contribution in [0.3, 0.4) is 0 Å². The van der Waals surface area contributed by atoms with E-state index in [-0.39, 0.29) is 17.1 Å². The van der Waals surface area contributed by atoms with Crippen LogP contribution in [0.15, 0.2) is 48.5 Å². The molecule has 2 aromatic rings. The zero-order valence-corrected chi connectivity index (χ0v) is 17.2. The number of para-hydroxylation sites is 2. The molecular weight excluding hydrogens is 376 g/mol. The van der Waals surface area contributed by atoms with Crippen LogP contribution in [0.5, 0.6) is 11.5 Å². The molecule has 2 aromatic carbocycles. The van der Waals surface area contributed by atoms with E-state index in [1.54, 1.807) is 18.2 Å². The van der Waals surface area contributed by atoms with Crippen molar-refractivity contribution in [2.75, 3.05) is 25.1 Å². The Balaban J connectivity index is 1.96. The summed E-state index contributed by atoms with van der Waals surface area (Å²) < 4.78 is 16.6. The molecule has 0 aliphatic carbocycles. The smallest absolute Gasteiger partial charge is 0.257 e. The Kier molecular flexibility index (Phi) is 8.71. The maximum Gasteiger partial charge on any atom is 0.257 e. The first-order valence-corrected chi connectivity index (χ1v) is 9.59. The summed E-state index contributed by atoms with van der Waals surface area (Å²) in [7, 11) is 0. The average Bonchev–Trinajstić information content (AvgIpc) is 2.66. The maximum absolute atomic E-state index is 12.5. The van der Waals surface area contributed by atoms with Gasteiger partial charge in [0.1, 0.15) is 18.1 Å². The lowest BCUT2D eigenvalue weighted by molar-refractivity contribution is 0.0977. The van der Waals surface area contributed by atoms with Crippen LogP contribution in [0, 0.1) is 0 Å². The zero-order chi connectivity index (χ0) is 20.4. The van der Waals surface area contributed by atoms with Gasteiger partial charge in [-0.15, -0.1) is 0 Å². The van der Waals surface area contributed by atoms with Crippen molar-refractivity contribution in [1.82, 2.24) is 5.32 Å². The summed E-state index contributed by atoms with van der Waals surface area (Å²) >= 11 is 5.27. The van der Waals surface area contributed by atoms with Gasteiger partial charge >= 0.3 is 0 Å². The number of hydrogen-bond acceptors (Lipinski definition) is 5. The fourth-order valence-electron chi connectivity index (χ4n) is 2.36. The number of nitrogens with one attached hydrogen (secondary N) is 2. The summed E-state index contributed by atoms with van der Waals surface area (Å²) in [5, 5.41) is 5.86. The molecule has 0 aliphatic heterocycles. The second-order valence-electron chi connectivity index (χ2n) is 6.14. The molecule has 6 nitrogen and oxygen atoms in total. The molecule has 0 fully saturated rings. The summed E-state index contributed by atoms with van der Waals surface area (Å²) in [5.74, 6) is 0.946. The van der Waals surface area contributed by atoms with Gasteiger partial charge in [-0.05, 0) is 63.3 Å². The summed E-state index contributed by atoms with van der Waals surface area (Å²) in [5.41, 5.74) is 1.13. The molecule has 0 spiro atoms. The first kappa shape index (κ1) is 21.7. The Hall–Kier alpha value is -2.64. The van der Waals surface area contributed by atoms with E-state index in [0.717, 1.165) is 0 Å². The van der Waals surface area contributed by atoms with E-state index < -0.39 is 0 Å². The molecule has 0 radical (unpaired) electrons. The van der Waals surface area contributed by atoms with E-state index >= 15 is 0 Å². The quantitative estimate of drug-likeness (QED) is 0.488. The van der Waals surface area contributed by atoms with Crippen molar-refractivity contribution in [2.24, 2.45) is 0 Å². The lowest BCUT2D eigenvalue weighted by atomic mass is 10.2. The Bertz CT molecular complexity index is 795. The van der Waals surface area contributed by atoms with E-state index in [1.807, 2.05) is 51.1 Å². The number of rotatable bonds is 9. The minimum Gasteiger partial charge on any atom is -0.491 e. The number of ether oxygens (including phenoxy) is 3. The molecular formula is C21H26N2O4S. The summed E-state index contributed by atoms with van der Waals surface area (Å²) in [6.45, 7) is 7.36. The highest BCUT2D eigenvalue weighted by atomic mass is 32.1. The molecule has 0 heterocycles. The van der Waals surface area contributed by atoms with E-state index in [2.05, 4.69) is 10.6 Å². The number of hydrogen-bond donors (Lipinski definition) is 2. The predicted molar refractivity (Wildman–Crippen MR) is 114 cm³/mol. The van der Waals surface area contributed by atoms with Crippen LogP contribution in [-0.2, 0) is 4.74 Å². The highest BCUT2D eigenvalue weighted by Gasteiger charge is 2.11. The molecule has 0 saturated carbocycles. The Morgan fingerprint density at radius 2 is 1.89 bits per heavy atom. The van der Waals surface area contributed by atoms with Gasteiger partial charge in [-0.2, -0.15) is 0 Å². The molecule has 2 rings (SSSR count). The molecule has 150 valence electrons. The molecule has 0 aromatic heterocycles. The Morgan fingerprint density at radius 1 is 1.11 bits per heavy atom. The highest BCUT2D eigenvalue weighted by Crippen LogP contribution is 2.23. The second kappa shape index (κ2) is 11.3. The summed E-state index contributed by atoms with van der Waals surface area (Å²) in [6, 6.07) is 14.3. The third-order valence-electron chi connectivity index (χ3n) is 3.52. The monoisotopic (exact) mass is 402 g/mol. The maximum atomic E-state index is 12.5. The van der Waals surface area contributed by atoms with Crippen LogP contribution in [0.1, 0.15) is 31.1 Å². The van der Waals surface area contributed by atoms with E-state index in [0.29, 0.717) is 42.6 Å². The molecule has 28 heavy (non-hydrogen) atoms. The first-order chi connectivity index (χ1) is 13.5. The second-order valence-corrected chi connectivity index (χ2v) is 6.55. The van der Waals surface area contributed by atoms with Crippen molar-refractivity contribution in [1.29, 1.82) is 0 Å². The minimum atomic E-state index is -0.318. The number of carbonyl (C=O) groups excluding carboxylic acids is 1. The standard InChI is InChI=1S/C21H26N2O4S/c1-4-25-12-13-26-19-11-6-5-10-18(19)22-21(28)23-20(24)16-8-7-9-17(14-16)27-15(2)3/h5-11,14-15H,4,12-13H2,1-3H3,(H2,22,23,24,28). The van der Waals surface area contributed by atoms with Crippen molar-refractivity contribution in [3.63, 3.8) is 0 Å². The van der Waals surface area contributed by atoms with Gasteiger partial charge in [-0.25, -0.2) is 0 Å². The number of amides is 1. The fraction of sp³-hybridized carbons (Fsp3) is 0.333. The molecule has 2 N–H and O–H groups in total. The minimum absolute atomic E-state index is 0.0280. The molecule has 0 bridgehead atoms. The predicted octanol–water partition coefficient (Wildman–Crippen LogP) is 4.02. The highest BCUT2D eigenvalue weighted by molar-refractivity contribution is 7.80. The first-order valence-electron chi connectivity index (χ1n) is 9.18. The number of benzene rings is 2. The van der Waals surface area contributed by atoms with E-state index in [4.69, 9.17) is 26.4 Å². The summed E-state index contributed by atoms with van der Waals surface area (Å²) in [6.07, 6.45) is 0.0280. The zero-order valence-electron chi connectivity index (χ0n) is 16.4. The van der Waals surface area contributed by atoms with Crippen LogP contribution in [-0.4, -0.2) is 36.9 Å². The molecule has 0 atom stereocenters. The van der Waals surface area contributed by atoms with Gasteiger partial charge in [0.25, 0.3) is 5.91 Å². The van der Waals surface area contributed by atoms with Gasteiger partial charge in [0, 0.05) is 12.2 Å². The summed E-state index contributed by atoms with van der Waals surface area (Å²) in [4.78, 5) is 12.5. The van der Waals surface area contributed by atoms with Gasteiger partial charge in [-0.3, -0.25) is 10.1 Å². The molecule has 0 aliphatic rings. The fourth-order valence-corrected chi connectivity index (χ4v) is 2.56. The third kappa shape index (κ3) is 7.17. The Morgan fingerprint density at radius 3 is 2.64 bits per heavy atom. The van der Waals surface area contributed by atoms with Crippen molar-refractivity contribution >= 4 is 28.9 Å². The molecule has 0 unspecified atom stereocenters. The third-order valence-corrected chi connectivity index (χ3v) is 3.72. The molecule has 1 amide bonds. The lowest BCUT2D eigenvalue weighted by Crippen LogP contribution is -2.34. The average molecular weight is 403 g/mol. The number of thiocarbonyl (C=S) groups is 1. The van der Waals surface area contributed by atoms with Crippen LogP contribution in [0.25, 0.3) is 0 Å². The normalized spacial score (nSPS) is 10.4. The molecule has 0 saturated heterocycles. The van der Waals surface area contributed by atoms with Gasteiger partial charge in [0.05, 0.1) is 18.4 Å². The van der Waals surface area contributed by atoms with Crippen molar-refractivity contribution in [3.05, 3.63) is 54.1 Å². The lowest BCUT2D eigenvalue weighted by Gasteiger charge is -2.15. The SMILES string of the molecule is CCOCCOc1ccccc1NC(=S)NC(=O)c1cccc(OC(C)C)c1. The van der Waals surface area contributed by atoms with Crippen LogP contribution >= 0.6 is 12.2 Å². The van der Waals surface area contributed by atoms with Crippen molar-refractivity contribution < 1.29 is 19.0 Å². The molecule has 7 heteroatoms. The van der Waals surface area contributed by atoms with Gasteiger partial charge in [-0.1, -0.05) is 18.2 Å². The number of carbonyl (C=O) groups is 1. The van der Waals surface area contributed by atoms with Crippen molar-refractivity contribution in [2.45, 2.75) is 26.9 Å². The Labute approximate surface area is 171 Å². The largest absolute Gasteiger partial charge is 0.491 e. The van der Waals surface area contributed by atoms with Crippen molar-refractivity contribution in [3.8, 4) is 11.5 Å². The topological polar surface area (TPSA) is 68.8 Å². The van der Waals surface area contributed by atoms with E-state index in [9.17, 15) is 4.79 Å². The van der Waals surface area contributed by atoms with Crippen LogP contribution in [0.2, 0.25) is 0 Å².